The number of carbonyl (C=O) groups is 1. The van der Waals surface area contributed by atoms with Gasteiger partial charge in [-0.3, -0.25) is 14.8 Å². The molecule has 1 aromatic carbocycles. The van der Waals surface area contributed by atoms with Crippen LogP contribution in [0.4, 0.5) is 5.95 Å². The summed E-state index contributed by atoms with van der Waals surface area (Å²) < 4.78 is 3.16. The number of rotatable bonds is 5. The number of amides is 1. The first-order valence-corrected chi connectivity index (χ1v) is 8.32. The number of benzene rings is 1. The van der Waals surface area contributed by atoms with Gasteiger partial charge < -0.3 is 0 Å². The molecule has 0 unspecified atom stereocenters. The van der Waals surface area contributed by atoms with Crippen molar-refractivity contribution >= 4 is 35.1 Å². The van der Waals surface area contributed by atoms with Crippen LogP contribution in [-0.4, -0.2) is 30.5 Å². The normalized spacial score (nSPS) is 10.9. The summed E-state index contributed by atoms with van der Waals surface area (Å²) >= 11 is 12.2. The fourth-order valence-electron chi connectivity index (χ4n) is 2.36. The maximum Gasteiger partial charge on any atom is 0.248 e. The molecule has 2 heterocycles. The molecule has 0 aliphatic rings. The van der Waals surface area contributed by atoms with Gasteiger partial charge >= 0.3 is 0 Å². The zero-order chi connectivity index (χ0) is 18.0. The van der Waals surface area contributed by atoms with Crippen LogP contribution in [0, 0.1) is 13.8 Å². The molecule has 3 rings (SSSR count). The number of halogens is 2. The number of nitrogens with zero attached hydrogens (tertiary/aromatic N) is 5. The average Bonchev–Trinajstić information content (AvgIpc) is 3.10. The quantitative estimate of drug-likeness (QED) is 0.739. The molecule has 130 valence electrons. The lowest BCUT2D eigenvalue weighted by Crippen LogP contribution is -2.21. The molecule has 0 saturated carbocycles. The molecule has 3 aromatic rings. The second-order valence-electron chi connectivity index (χ2n) is 5.55. The summed E-state index contributed by atoms with van der Waals surface area (Å²) in [6.45, 7) is 4.11. The molecule has 0 bridgehead atoms. The van der Waals surface area contributed by atoms with E-state index in [1.807, 2.05) is 31.2 Å². The van der Waals surface area contributed by atoms with Crippen molar-refractivity contribution < 1.29 is 4.79 Å². The second-order valence-corrected chi connectivity index (χ2v) is 6.33. The summed E-state index contributed by atoms with van der Waals surface area (Å²) in [5.41, 5.74) is 2.35. The van der Waals surface area contributed by atoms with E-state index in [1.165, 1.54) is 0 Å². The van der Waals surface area contributed by atoms with Crippen LogP contribution in [0.25, 0.3) is 0 Å². The van der Waals surface area contributed by atoms with Crippen LogP contribution in [0.15, 0.2) is 30.6 Å². The third-order valence-corrected chi connectivity index (χ3v) is 4.58. The van der Waals surface area contributed by atoms with Gasteiger partial charge in [0.1, 0.15) is 12.9 Å². The van der Waals surface area contributed by atoms with E-state index in [9.17, 15) is 4.79 Å². The lowest BCUT2D eigenvalue weighted by atomic mass is 10.2. The van der Waals surface area contributed by atoms with Gasteiger partial charge in [0.05, 0.1) is 23.0 Å². The van der Waals surface area contributed by atoms with Crippen LogP contribution in [0.3, 0.4) is 0 Å². The Hall–Kier alpha value is -2.38. The number of carbonyl (C=O) groups excluding carboxylic acids is 1. The van der Waals surface area contributed by atoms with Gasteiger partial charge in [-0.05, 0) is 25.5 Å². The molecular weight excluding hydrogens is 363 g/mol. The van der Waals surface area contributed by atoms with Crippen molar-refractivity contribution in [2.45, 2.75) is 26.9 Å². The Morgan fingerprint density at radius 2 is 1.96 bits per heavy atom. The Morgan fingerprint density at radius 3 is 2.64 bits per heavy atom. The molecule has 0 aliphatic carbocycles. The number of aromatic nitrogens is 5. The molecule has 1 N–H and O–H groups in total. The molecule has 1 amide bonds. The van der Waals surface area contributed by atoms with Crippen LogP contribution in [0.2, 0.25) is 10.0 Å². The predicted molar refractivity (Wildman–Crippen MR) is 95.9 cm³/mol. The highest BCUT2D eigenvalue weighted by Gasteiger charge is 2.13. The van der Waals surface area contributed by atoms with Crippen LogP contribution in [0.5, 0.6) is 0 Å². The smallest absolute Gasteiger partial charge is 0.248 e. The van der Waals surface area contributed by atoms with Gasteiger partial charge in [-0.15, -0.1) is 5.10 Å². The van der Waals surface area contributed by atoms with E-state index < -0.39 is 0 Å². The molecule has 0 atom stereocenters. The van der Waals surface area contributed by atoms with Gasteiger partial charge in [-0.1, -0.05) is 41.4 Å². The van der Waals surface area contributed by atoms with Gasteiger partial charge in [0.25, 0.3) is 0 Å². The first-order valence-electron chi connectivity index (χ1n) is 7.56. The first kappa shape index (κ1) is 17.4. The largest absolute Gasteiger partial charge is 0.292 e. The minimum absolute atomic E-state index is 0.0401. The van der Waals surface area contributed by atoms with Crippen LogP contribution < -0.4 is 5.32 Å². The van der Waals surface area contributed by atoms with Crippen LogP contribution in [0.1, 0.15) is 17.0 Å². The highest BCUT2D eigenvalue weighted by Crippen LogP contribution is 2.19. The lowest BCUT2D eigenvalue weighted by Gasteiger charge is -2.04. The van der Waals surface area contributed by atoms with Crippen molar-refractivity contribution in [3.63, 3.8) is 0 Å². The van der Waals surface area contributed by atoms with Crippen LogP contribution in [-0.2, 0) is 17.9 Å². The summed E-state index contributed by atoms with van der Waals surface area (Å²) in [5.74, 6) is -0.0533. The Bertz CT molecular complexity index is 917. The molecule has 9 heteroatoms. The molecule has 0 saturated heterocycles. The average molecular weight is 379 g/mol. The summed E-state index contributed by atoms with van der Waals surface area (Å²) in [6.07, 6.45) is 1.54. The number of hydrogen-bond donors (Lipinski definition) is 1. The Labute approximate surface area is 154 Å². The molecule has 0 spiro atoms. The van der Waals surface area contributed by atoms with Crippen molar-refractivity contribution in [2.75, 3.05) is 5.32 Å². The monoisotopic (exact) mass is 378 g/mol. The number of aryl methyl sites for hydroxylation is 1. The van der Waals surface area contributed by atoms with E-state index in [0.717, 1.165) is 11.3 Å². The van der Waals surface area contributed by atoms with Crippen molar-refractivity contribution in [2.24, 2.45) is 0 Å². The van der Waals surface area contributed by atoms with E-state index in [4.69, 9.17) is 23.2 Å². The minimum Gasteiger partial charge on any atom is -0.292 e. The van der Waals surface area contributed by atoms with Gasteiger partial charge in [0.2, 0.25) is 11.9 Å². The van der Waals surface area contributed by atoms with Gasteiger partial charge in [0.15, 0.2) is 0 Å². The van der Waals surface area contributed by atoms with E-state index in [2.05, 4.69) is 20.5 Å². The van der Waals surface area contributed by atoms with Gasteiger partial charge in [-0.25, -0.2) is 9.67 Å². The third kappa shape index (κ3) is 4.00. The lowest BCUT2D eigenvalue weighted by molar-refractivity contribution is -0.117. The Morgan fingerprint density at radius 1 is 1.20 bits per heavy atom. The van der Waals surface area contributed by atoms with Crippen molar-refractivity contribution in [3.05, 3.63) is 57.6 Å². The van der Waals surface area contributed by atoms with Crippen molar-refractivity contribution in [1.29, 1.82) is 0 Å². The molecule has 0 fully saturated rings. The second kappa shape index (κ2) is 7.25. The number of anilines is 1. The third-order valence-electron chi connectivity index (χ3n) is 3.66. The fraction of sp³-hybridized carbons (Fsp3) is 0.250. The van der Waals surface area contributed by atoms with Gasteiger partial charge in [-0.2, -0.15) is 5.10 Å². The number of hydrogen-bond acceptors (Lipinski definition) is 4. The SMILES string of the molecule is Cc1nn(CC(=O)Nc2ncn(Cc3ccccc3Cl)n2)c(C)c1Cl. The van der Waals surface area contributed by atoms with E-state index in [0.29, 0.717) is 22.3 Å². The fourth-order valence-corrected chi connectivity index (χ4v) is 2.69. The minimum atomic E-state index is -0.280. The summed E-state index contributed by atoms with van der Waals surface area (Å²) in [6, 6.07) is 7.50. The predicted octanol–water partition coefficient (Wildman–Crippen LogP) is 3.09. The topological polar surface area (TPSA) is 77.6 Å². The highest BCUT2D eigenvalue weighted by atomic mass is 35.5. The van der Waals surface area contributed by atoms with E-state index in [-0.39, 0.29) is 18.4 Å². The molecule has 2 aromatic heterocycles. The zero-order valence-electron chi connectivity index (χ0n) is 13.7. The highest BCUT2D eigenvalue weighted by molar-refractivity contribution is 6.32. The maximum absolute atomic E-state index is 12.2. The van der Waals surface area contributed by atoms with Crippen molar-refractivity contribution in [1.82, 2.24) is 24.5 Å². The molecule has 0 aliphatic heterocycles. The summed E-state index contributed by atoms with van der Waals surface area (Å²) in [5, 5.41) is 12.3. The van der Waals surface area contributed by atoms with E-state index >= 15 is 0 Å². The Kier molecular flexibility index (Phi) is 5.06. The summed E-state index contributed by atoms with van der Waals surface area (Å²) in [7, 11) is 0. The van der Waals surface area contributed by atoms with Crippen molar-refractivity contribution in [3.8, 4) is 0 Å². The maximum atomic E-state index is 12.2. The molecule has 25 heavy (non-hydrogen) atoms. The summed E-state index contributed by atoms with van der Waals surface area (Å²) in [4.78, 5) is 16.2. The molecule has 7 nitrogen and oxygen atoms in total. The van der Waals surface area contributed by atoms with Crippen LogP contribution >= 0.6 is 23.2 Å². The standard InChI is InChI=1S/C16H16Cl2N6O/c1-10-15(18)11(2)24(21-10)8-14(25)20-16-19-9-23(22-16)7-12-5-3-4-6-13(12)17/h3-6,9H,7-8H2,1-2H3,(H,20,22,25). The first-order chi connectivity index (χ1) is 11.9. The van der Waals surface area contributed by atoms with Gasteiger partial charge in [0, 0.05) is 5.02 Å². The number of nitrogens with one attached hydrogen (secondary N) is 1. The molecular formula is C16H16Cl2N6O. The Balaban J connectivity index is 1.64. The molecule has 0 radical (unpaired) electrons. The zero-order valence-corrected chi connectivity index (χ0v) is 15.2. The van der Waals surface area contributed by atoms with E-state index in [1.54, 1.807) is 22.6 Å².